The Morgan fingerprint density at radius 1 is 1.16 bits per heavy atom. The van der Waals surface area contributed by atoms with E-state index in [2.05, 4.69) is 20.5 Å². The molecule has 1 atom stereocenters. The highest BCUT2D eigenvalue weighted by Gasteiger charge is 2.18. The summed E-state index contributed by atoms with van der Waals surface area (Å²) >= 11 is 1.16. The standard InChI is InChI=1S/C17H14F2N4OS/c1-10(16(24)20-12-7-8-13(18)14(19)9-12)25-17-21-15(22-23-17)11-5-3-2-4-6-11/h2-10H,1H3,(H,20,24)(H,21,22,23)/t10-/m0/s1. The molecule has 128 valence electrons. The van der Waals surface area contributed by atoms with Gasteiger partial charge in [0.1, 0.15) is 0 Å². The zero-order valence-electron chi connectivity index (χ0n) is 13.2. The summed E-state index contributed by atoms with van der Waals surface area (Å²) in [5.74, 6) is -1.73. The number of aromatic nitrogens is 3. The Morgan fingerprint density at radius 2 is 1.92 bits per heavy atom. The Balaban J connectivity index is 1.63. The van der Waals surface area contributed by atoms with Gasteiger partial charge in [-0.1, -0.05) is 42.1 Å². The molecule has 3 rings (SSSR count). The van der Waals surface area contributed by atoms with E-state index < -0.39 is 16.9 Å². The Morgan fingerprint density at radius 3 is 2.64 bits per heavy atom. The third-order valence-electron chi connectivity index (χ3n) is 3.35. The number of hydrogen-bond donors (Lipinski definition) is 2. The van der Waals surface area contributed by atoms with Crippen LogP contribution in [0.3, 0.4) is 0 Å². The van der Waals surface area contributed by atoms with E-state index in [-0.39, 0.29) is 11.6 Å². The first-order valence-corrected chi connectivity index (χ1v) is 8.31. The molecule has 0 bridgehead atoms. The monoisotopic (exact) mass is 360 g/mol. The number of rotatable bonds is 5. The van der Waals surface area contributed by atoms with Crippen LogP contribution < -0.4 is 5.32 Å². The lowest BCUT2D eigenvalue weighted by atomic mass is 10.2. The molecule has 1 heterocycles. The fourth-order valence-corrected chi connectivity index (χ4v) is 2.78. The van der Waals surface area contributed by atoms with Gasteiger partial charge in [0, 0.05) is 17.3 Å². The zero-order chi connectivity index (χ0) is 17.8. The van der Waals surface area contributed by atoms with Crippen molar-refractivity contribution in [3.8, 4) is 11.4 Å². The molecule has 2 N–H and O–H groups in total. The second-order valence-corrected chi connectivity index (χ2v) is 6.52. The quantitative estimate of drug-likeness (QED) is 0.678. The third kappa shape index (κ3) is 4.21. The normalized spacial score (nSPS) is 12.0. The molecule has 0 unspecified atom stereocenters. The second-order valence-electron chi connectivity index (χ2n) is 5.21. The smallest absolute Gasteiger partial charge is 0.237 e. The van der Waals surface area contributed by atoms with Crippen LogP contribution in [0, 0.1) is 11.6 Å². The topological polar surface area (TPSA) is 70.7 Å². The number of thioether (sulfide) groups is 1. The van der Waals surface area contributed by atoms with Crippen LogP contribution in [-0.4, -0.2) is 26.3 Å². The lowest BCUT2D eigenvalue weighted by molar-refractivity contribution is -0.115. The zero-order valence-corrected chi connectivity index (χ0v) is 14.0. The summed E-state index contributed by atoms with van der Waals surface area (Å²) in [5.41, 5.74) is 1.08. The van der Waals surface area contributed by atoms with Gasteiger partial charge in [-0.25, -0.2) is 13.8 Å². The van der Waals surface area contributed by atoms with E-state index in [4.69, 9.17) is 0 Å². The van der Waals surface area contributed by atoms with Crippen molar-refractivity contribution in [1.82, 2.24) is 15.2 Å². The number of halogens is 2. The minimum atomic E-state index is -1.01. The molecule has 25 heavy (non-hydrogen) atoms. The molecule has 8 heteroatoms. The second kappa shape index (κ2) is 7.43. The predicted molar refractivity (Wildman–Crippen MR) is 92.1 cm³/mol. The van der Waals surface area contributed by atoms with Crippen LogP contribution in [0.15, 0.2) is 53.7 Å². The van der Waals surface area contributed by atoms with Crippen LogP contribution in [0.4, 0.5) is 14.5 Å². The third-order valence-corrected chi connectivity index (χ3v) is 4.31. The molecule has 0 radical (unpaired) electrons. The van der Waals surface area contributed by atoms with Crippen molar-refractivity contribution in [3.05, 3.63) is 60.2 Å². The van der Waals surface area contributed by atoms with Gasteiger partial charge < -0.3 is 5.32 Å². The van der Waals surface area contributed by atoms with Gasteiger partial charge in [0.05, 0.1) is 5.25 Å². The number of carbonyl (C=O) groups excluding carboxylic acids is 1. The number of nitrogens with zero attached hydrogens (tertiary/aromatic N) is 2. The van der Waals surface area contributed by atoms with E-state index in [1.54, 1.807) is 6.92 Å². The molecule has 0 aliphatic heterocycles. The number of aromatic amines is 1. The molecule has 3 aromatic rings. The lowest BCUT2D eigenvalue weighted by Crippen LogP contribution is -2.22. The van der Waals surface area contributed by atoms with Crippen molar-refractivity contribution in [2.24, 2.45) is 0 Å². The first-order valence-electron chi connectivity index (χ1n) is 7.43. The van der Waals surface area contributed by atoms with Crippen LogP contribution in [0.2, 0.25) is 0 Å². The van der Waals surface area contributed by atoms with E-state index >= 15 is 0 Å². The molecule has 0 aliphatic rings. The molecule has 2 aromatic carbocycles. The van der Waals surface area contributed by atoms with Gasteiger partial charge in [-0.05, 0) is 19.1 Å². The van der Waals surface area contributed by atoms with Gasteiger partial charge in [0.25, 0.3) is 0 Å². The van der Waals surface area contributed by atoms with Gasteiger partial charge in [-0.15, -0.1) is 5.10 Å². The minimum absolute atomic E-state index is 0.191. The summed E-state index contributed by atoms with van der Waals surface area (Å²) in [6.45, 7) is 1.68. The average molecular weight is 360 g/mol. The van der Waals surface area contributed by atoms with E-state index in [0.29, 0.717) is 11.0 Å². The molecular formula is C17H14F2N4OS. The first-order chi connectivity index (χ1) is 12.0. The van der Waals surface area contributed by atoms with Gasteiger partial charge in [-0.2, -0.15) is 0 Å². The largest absolute Gasteiger partial charge is 0.325 e. The van der Waals surface area contributed by atoms with Crippen LogP contribution >= 0.6 is 11.8 Å². The molecule has 1 aromatic heterocycles. The molecule has 1 amide bonds. The maximum absolute atomic E-state index is 13.2. The minimum Gasteiger partial charge on any atom is -0.325 e. The lowest BCUT2D eigenvalue weighted by Gasteiger charge is -2.10. The highest BCUT2D eigenvalue weighted by Crippen LogP contribution is 2.23. The van der Waals surface area contributed by atoms with E-state index in [1.807, 2.05) is 30.3 Å². The molecule has 0 saturated carbocycles. The van der Waals surface area contributed by atoms with E-state index in [0.717, 1.165) is 29.5 Å². The number of anilines is 1. The summed E-state index contributed by atoms with van der Waals surface area (Å²) in [4.78, 5) is 16.5. The van der Waals surface area contributed by atoms with Crippen molar-refractivity contribution >= 4 is 23.4 Å². The molecule has 0 aliphatic carbocycles. The van der Waals surface area contributed by atoms with Crippen molar-refractivity contribution in [2.45, 2.75) is 17.3 Å². The number of carbonyl (C=O) groups is 1. The van der Waals surface area contributed by atoms with Crippen LogP contribution in [0.25, 0.3) is 11.4 Å². The Bertz CT molecular complexity index is 885. The number of nitrogens with one attached hydrogen (secondary N) is 2. The summed E-state index contributed by atoms with van der Waals surface area (Å²) in [5, 5.41) is 9.35. The molecule has 0 fully saturated rings. The maximum Gasteiger partial charge on any atom is 0.237 e. The predicted octanol–water partition coefficient (Wildman–Crippen LogP) is 3.87. The van der Waals surface area contributed by atoms with Crippen molar-refractivity contribution in [2.75, 3.05) is 5.32 Å². The molecular weight excluding hydrogens is 346 g/mol. The van der Waals surface area contributed by atoms with Crippen molar-refractivity contribution in [3.63, 3.8) is 0 Å². The highest BCUT2D eigenvalue weighted by atomic mass is 32.2. The first kappa shape index (κ1) is 17.1. The van der Waals surface area contributed by atoms with Gasteiger partial charge in [0.15, 0.2) is 17.5 Å². The fraction of sp³-hybridized carbons (Fsp3) is 0.118. The summed E-state index contributed by atoms with van der Waals surface area (Å²) < 4.78 is 26.1. The van der Waals surface area contributed by atoms with Crippen LogP contribution in [0.5, 0.6) is 0 Å². The van der Waals surface area contributed by atoms with Gasteiger partial charge >= 0.3 is 0 Å². The number of amides is 1. The van der Waals surface area contributed by atoms with Crippen LogP contribution in [-0.2, 0) is 4.79 Å². The number of H-pyrrole nitrogens is 1. The SMILES string of the molecule is C[C@H](Sc1n[nH]c(-c2ccccc2)n1)C(=O)Nc1ccc(F)c(F)c1. The van der Waals surface area contributed by atoms with Gasteiger partial charge in [-0.3, -0.25) is 9.89 Å². The Labute approximate surface area is 146 Å². The number of hydrogen-bond acceptors (Lipinski definition) is 4. The summed E-state index contributed by atoms with van der Waals surface area (Å²) in [6, 6.07) is 12.7. The van der Waals surface area contributed by atoms with E-state index in [1.165, 1.54) is 6.07 Å². The van der Waals surface area contributed by atoms with Crippen molar-refractivity contribution in [1.29, 1.82) is 0 Å². The average Bonchev–Trinajstić information content (AvgIpc) is 3.07. The summed E-state index contributed by atoms with van der Waals surface area (Å²) in [6.07, 6.45) is 0. The van der Waals surface area contributed by atoms with Crippen molar-refractivity contribution < 1.29 is 13.6 Å². The number of benzene rings is 2. The Kier molecular flexibility index (Phi) is 5.08. The van der Waals surface area contributed by atoms with Gasteiger partial charge in [0.2, 0.25) is 11.1 Å². The molecule has 0 spiro atoms. The van der Waals surface area contributed by atoms with E-state index in [9.17, 15) is 13.6 Å². The summed E-state index contributed by atoms with van der Waals surface area (Å²) in [7, 11) is 0. The fourth-order valence-electron chi connectivity index (χ4n) is 2.05. The molecule has 0 saturated heterocycles. The molecule has 5 nitrogen and oxygen atoms in total. The Hall–Kier alpha value is -2.74. The van der Waals surface area contributed by atoms with Crippen LogP contribution in [0.1, 0.15) is 6.92 Å². The highest BCUT2D eigenvalue weighted by molar-refractivity contribution is 8.00. The maximum atomic E-state index is 13.2.